The van der Waals surface area contributed by atoms with E-state index in [0.717, 1.165) is 0 Å². The van der Waals surface area contributed by atoms with Gasteiger partial charge in [-0.05, 0) is 35.4 Å². The predicted octanol–water partition coefficient (Wildman–Crippen LogP) is 10.0. The van der Waals surface area contributed by atoms with E-state index in [1.54, 1.807) is 0 Å². The first-order chi connectivity index (χ1) is 20.0. The van der Waals surface area contributed by atoms with Gasteiger partial charge in [-0.15, -0.1) is 46.4 Å². The fourth-order valence-corrected chi connectivity index (χ4v) is 11.9. The topological polar surface area (TPSA) is 113 Å². The van der Waals surface area contributed by atoms with E-state index < -0.39 is 58.0 Å². The van der Waals surface area contributed by atoms with Crippen molar-refractivity contribution in [2.45, 2.75) is 58.0 Å². The molecule has 8 unspecified atom stereocenters. The van der Waals surface area contributed by atoms with Gasteiger partial charge < -0.3 is 27.7 Å². The second kappa shape index (κ2) is 12.0. The first kappa shape index (κ1) is 40.3. The zero-order valence-corrected chi connectivity index (χ0v) is 33.6. The van der Waals surface area contributed by atoms with Crippen molar-refractivity contribution in [3.8, 4) is 0 Å². The van der Waals surface area contributed by atoms with E-state index in [0.29, 0.717) is 11.4 Å². The Kier molecular flexibility index (Phi) is 10.8. The van der Waals surface area contributed by atoms with Crippen molar-refractivity contribution >= 4 is 197 Å². The molecular weight excluding hydrogens is 928 g/mol. The van der Waals surface area contributed by atoms with E-state index in [-0.39, 0.29) is 11.1 Å². The van der Waals surface area contributed by atoms with Crippen LogP contribution in [0, 0.1) is 0 Å². The number of nitrogen functional groups attached to an aromatic ring is 2. The van der Waals surface area contributed by atoms with E-state index in [4.69, 9.17) is 213 Å². The molecule has 0 radical (unpaired) electrons. The molecule has 2 fully saturated rings. The zero-order valence-electron chi connectivity index (χ0n) is 21.5. The molecule has 4 rings (SSSR count). The highest BCUT2D eigenvalue weighted by Gasteiger charge is 2.89. The molecule has 2 saturated carbocycles. The quantitative estimate of drug-likeness (QED) is 0.139. The van der Waals surface area contributed by atoms with Gasteiger partial charge in [0.2, 0.25) is 10.1 Å². The van der Waals surface area contributed by atoms with E-state index in [9.17, 15) is 0 Å². The molecule has 8 N–H and O–H groups in total. The van der Waals surface area contributed by atoms with Gasteiger partial charge in [-0.3, -0.25) is 0 Å². The van der Waals surface area contributed by atoms with Gasteiger partial charge in [-0.2, -0.15) is 0 Å². The molecule has 5 nitrogen and oxygen atoms in total. The molecule has 45 heavy (non-hydrogen) atoms. The Balaban J connectivity index is 2.17. The monoisotopic (exact) mass is 938 g/mol. The molecular formula is C24H18Cl16N4O. The first-order valence-corrected chi connectivity index (χ1v) is 18.1. The third kappa shape index (κ3) is 4.96. The van der Waals surface area contributed by atoms with Crippen molar-refractivity contribution < 1.29 is 4.74 Å². The molecule has 0 aliphatic heterocycles. The van der Waals surface area contributed by atoms with E-state index in [1.165, 1.54) is 48.5 Å². The smallest absolute Gasteiger partial charge is 0.203 e. The van der Waals surface area contributed by atoms with Crippen molar-refractivity contribution in [1.29, 1.82) is 0 Å². The molecule has 252 valence electrons. The number of halogens is 16. The van der Waals surface area contributed by atoms with Crippen LogP contribution in [0.1, 0.15) is 11.1 Å². The predicted molar refractivity (Wildman–Crippen MR) is 198 cm³/mol. The van der Waals surface area contributed by atoms with Gasteiger partial charge in [0.05, 0.1) is 10.8 Å². The number of benzene rings is 2. The van der Waals surface area contributed by atoms with E-state index in [2.05, 4.69) is 0 Å². The molecule has 2 aromatic rings. The Morgan fingerprint density at radius 1 is 0.467 bits per heavy atom. The molecule has 0 spiro atoms. The van der Waals surface area contributed by atoms with Crippen LogP contribution in [0.2, 0.25) is 0 Å². The minimum Gasteiger partial charge on any atom is -0.399 e. The van der Waals surface area contributed by atoms with Crippen molar-refractivity contribution in [3.05, 3.63) is 59.7 Å². The number of rotatable bonds is 4. The Hall–Kier alpha value is 2.56. The SMILES string of the molecule is Nc1ccc(C2(Cl)C(Cl)C(Cl)(Cl)C(Cl)(Cl)C(N)(Cl)C2(Cl)OC2(Cl)C(Cl)(c3ccc(N)cc3)C(Cl)C(Cl)(Cl)C(Cl)(Cl)C2(N)Cl)cc1. The molecule has 8 atom stereocenters. The summed E-state index contributed by atoms with van der Waals surface area (Å²) in [4.78, 5) is -10.8. The zero-order chi connectivity index (χ0) is 34.8. The lowest BCUT2D eigenvalue weighted by molar-refractivity contribution is -0.166. The molecule has 2 aromatic carbocycles. The Morgan fingerprint density at radius 2 is 0.711 bits per heavy atom. The first-order valence-electron chi connectivity index (χ1n) is 11.9. The highest BCUT2D eigenvalue weighted by Crippen LogP contribution is 2.76. The molecule has 21 heteroatoms. The number of ether oxygens (including phenoxy) is 1. The van der Waals surface area contributed by atoms with Gasteiger partial charge in [-0.25, -0.2) is 0 Å². The summed E-state index contributed by atoms with van der Waals surface area (Å²) in [5, 5.41) is -9.70. The molecule has 0 heterocycles. The average Bonchev–Trinajstić information content (AvgIpc) is 2.94. The van der Waals surface area contributed by atoms with Gasteiger partial charge in [0, 0.05) is 11.4 Å². The summed E-state index contributed by atoms with van der Waals surface area (Å²) in [6.45, 7) is 0. The van der Waals surface area contributed by atoms with Crippen molar-refractivity contribution in [3.63, 3.8) is 0 Å². The molecule has 2 aliphatic rings. The summed E-state index contributed by atoms with van der Waals surface area (Å²) in [6, 6.07) is 11.3. The van der Waals surface area contributed by atoms with Crippen LogP contribution < -0.4 is 22.9 Å². The largest absolute Gasteiger partial charge is 0.399 e. The summed E-state index contributed by atoms with van der Waals surface area (Å²) in [5.41, 5.74) is 25.7. The number of hydrogen-bond donors (Lipinski definition) is 4. The van der Waals surface area contributed by atoms with Crippen LogP contribution >= 0.6 is 186 Å². The Bertz CT molecular complexity index is 1360. The summed E-state index contributed by atoms with van der Waals surface area (Å²) < 4.78 is -3.94. The Morgan fingerprint density at radius 3 is 0.956 bits per heavy atom. The van der Waals surface area contributed by atoms with Gasteiger partial charge in [0.1, 0.15) is 9.75 Å². The van der Waals surface area contributed by atoms with Crippen LogP contribution in [0.25, 0.3) is 0 Å². The van der Waals surface area contributed by atoms with Crippen LogP contribution in [0.4, 0.5) is 11.4 Å². The minimum atomic E-state index is -3.02. The van der Waals surface area contributed by atoms with Gasteiger partial charge in [-0.1, -0.05) is 163 Å². The molecule has 0 saturated heterocycles. The number of anilines is 2. The maximum atomic E-state index is 7.37. The lowest BCUT2D eigenvalue weighted by Crippen LogP contribution is -2.88. The van der Waals surface area contributed by atoms with Crippen molar-refractivity contribution in [2.24, 2.45) is 11.5 Å². The third-order valence-corrected chi connectivity index (χ3v) is 19.7. The lowest BCUT2D eigenvalue weighted by Gasteiger charge is -2.68. The number of alkyl halides is 16. The average molecular weight is 946 g/mol. The summed E-state index contributed by atoms with van der Waals surface area (Å²) in [7, 11) is 0. The minimum absolute atomic E-state index is 0.00810. The normalized spacial score (nSPS) is 43.5. The third-order valence-electron chi connectivity index (χ3n) is 7.90. The highest BCUT2D eigenvalue weighted by molar-refractivity contribution is 6.70. The molecule has 0 bridgehead atoms. The fourth-order valence-electron chi connectivity index (χ4n) is 5.17. The van der Waals surface area contributed by atoms with E-state index >= 15 is 0 Å². The lowest BCUT2D eigenvalue weighted by atomic mass is 9.72. The maximum absolute atomic E-state index is 7.37. The number of hydrogen-bond acceptors (Lipinski definition) is 5. The summed E-state index contributed by atoms with van der Waals surface area (Å²) >= 11 is 111. The summed E-state index contributed by atoms with van der Waals surface area (Å²) in [5.74, 6) is 0. The highest BCUT2D eigenvalue weighted by atomic mass is 35.6. The second-order valence-electron chi connectivity index (χ2n) is 10.5. The standard InChI is InChI=1S/C24H18Cl16N4O/c25-13-15(27,9-1-5-11(41)6-2-9)23(39,21(37,43)19(33,34)17(13,29)30)45-24(40)16(28,10-3-7-12(42)8-4-10)14(26)18(31,32)20(35,36)22(24,38)44/h1-8,13-14H,41-44H2. The second-order valence-corrected chi connectivity index (χ2v) is 20.3. The summed E-state index contributed by atoms with van der Waals surface area (Å²) in [6.07, 6.45) is 0. The van der Waals surface area contributed by atoms with Gasteiger partial charge >= 0.3 is 0 Å². The maximum Gasteiger partial charge on any atom is 0.203 e. The van der Waals surface area contributed by atoms with Crippen LogP contribution in [-0.4, -0.2) is 48.2 Å². The molecule has 0 aromatic heterocycles. The van der Waals surface area contributed by atoms with Crippen LogP contribution in [0.5, 0.6) is 0 Å². The van der Waals surface area contributed by atoms with Gasteiger partial charge in [0.25, 0.3) is 0 Å². The Labute approximate surface area is 338 Å². The van der Waals surface area contributed by atoms with E-state index in [1.807, 2.05) is 0 Å². The van der Waals surface area contributed by atoms with Crippen molar-refractivity contribution in [1.82, 2.24) is 0 Å². The number of nitrogens with two attached hydrogens (primary N) is 4. The van der Waals surface area contributed by atoms with Crippen LogP contribution in [0.3, 0.4) is 0 Å². The van der Waals surface area contributed by atoms with Crippen LogP contribution in [-0.2, 0) is 14.5 Å². The van der Waals surface area contributed by atoms with Gasteiger partial charge in [0.15, 0.2) is 27.3 Å². The molecule has 0 amide bonds. The fraction of sp³-hybridized carbons (Fsp3) is 0.500. The molecule has 2 aliphatic carbocycles. The van der Waals surface area contributed by atoms with Crippen LogP contribution in [0.15, 0.2) is 48.5 Å². The van der Waals surface area contributed by atoms with Crippen molar-refractivity contribution in [2.75, 3.05) is 11.5 Å².